The minimum Gasteiger partial charge on any atom is -0.289 e. The summed E-state index contributed by atoms with van der Waals surface area (Å²) in [4.78, 5) is 13.5. The Morgan fingerprint density at radius 2 is 1.54 bits per heavy atom. The monoisotopic (exact) mass is 355 g/mol. The van der Waals surface area contributed by atoms with E-state index in [0.29, 0.717) is 10.6 Å². The fourth-order valence-corrected chi connectivity index (χ4v) is 4.00. The van der Waals surface area contributed by atoms with Gasteiger partial charge in [0.25, 0.3) is 0 Å². The van der Waals surface area contributed by atoms with Gasteiger partial charge in [-0.1, -0.05) is 66.2 Å². The van der Waals surface area contributed by atoms with Crippen molar-refractivity contribution in [2.24, 2.45) is 0 Å². The molecule has 3 aromatic rings. The zero-order valence-electron chi connectivity index (χ0n) is 12.9. The Hall–Kier alpha value is -2.23. The van der Waals surface area contributed by atoms with Crippen molar-refractivity contribution < 1.29 is 8.98 Å². The van der Waals surface area contributed by atoms with Crippen molar-refractivity contribution in [2.45, 2.75) is 4.90 Å². The van der Waals surface area contributed by atoms with E-state index in [2.05, 4.69) is 0 Å². The third-order valence-electron chi connectivity index (χ3n) is 3.36. The minimum atomic E-state index is -0.714. The lowest BCUT2D eigenvalue weighted by molar-refractivity contribution is 0.102. The number of para-hydroxylation sites is 1. The van der Waals surface area contributed by atoms with Crippen LogP contribution in [0.15, 0.2) is 89.8 Å². The number of halogens is 1. The second-order valence-electron chi connectivity index (χ2n) is 5.13. The Morgan fingerprint density at radius 3 is 2.21 bits per heavy atom. The van der Waals surface area contributed by atoms with Crippen LogP contribution in [-0.2, 0) is 11.2 Å². The standard InChI is InChI=1S/C20H16ClO2S/c21-17-10-7-13-19(14-17)24(23-18-11-5-2-6-12-18)15-20(22)16-8-3-1-4-9-16/h1-14H,15H2/q+1. The Labute approximate surface area is 149 Å². The molecule has 0 aliphatic heterocycles. The van der Waals surface area contributed by atoms with E-state index in [1.165, 1.54) is 0 Å². The molecule has 0 heterocycles. The number of hydrogen-bond acceptors (Lipinski definition) is 2. The van der Waals surface area contributed by atoms with Crippen LogP contribution in [0.4, 0.5) is 0 Å². The maximum atomic E-state index is 12.6. The van der Waals surface area contributed by atoms with E-state index in [9.17, 15) is 4.79 Å². The summed E-state index contributed by atoms with van der Waals surface area (Å²) in [6.07, 6.45) is 0. The van der Waals surface area contributed by atoms with Gasteiger partial charge < -0.3 is 0 Å². The lowest BCUT2D eigenvalue weighted by atomic mass is 10.2. The molecular formula is C20H16ClO2S+. The number of benzene rings is 3. The van der Waals surface area contributed by atoms with Crippen molar-refractivity contribution in [3.05, 3.63) is 95.5 Å². The zero-order valence-corrected chi connectivity index (χ0v) is 14.5. The van der Waals surface area contributed by atoms with Gasteiger partial charge in [-0.05, 0) is 24.3 Å². The van der Waals surface area contributed by atoms with Crippen LogP contribution >= 0.6 is 11.6 Å². The summed E-state index contributed by atoms with van der Waals surface area (Å²) >= 11 is 5.40. The smallest absolute Gasteiger partial charge is 0.243 e. The van der Waals surface area contributed by atoms with E-state index >= 15 is 0 Å². The number of rotatable bonds is 6. The fourth-order valence-electron chi connectivity index (χ4n) is 2.19. The molecule has 3 rings (SSSR count). The maximum absolute atomic E-state index is 12.6. The molecule has 1 unspecified atom stereocenters. The van der Waals surface area contributed by atoms with Crippen LogP contribution in [0.25, 0.3) is 0 Å². The van der Waals surface area contributed by atoms with E-state index in [1.54, 1.807) is 0 Å². The predicted octanol–water partition coefficient (Wildman–Crippen LogP) is 5.19. The van der Waals surface area contributed by atoms with E-state index in [-0.39, 0.29) is 11.5 Å². The van der Waals surface area contributed by atoms with Crippen LogP contribution < -0.4 is 4.18 Å². The van der Waals surface area contributed by atoms with Gasteiger partial charge in [-0.2, -0.15) is 0 Å². The van der Waals surface area contributed by atoms with E-state index in [0.717, 1.165) is 10.6 Å². The summed E-state index contributed by atoms with van der Waals surface area (Å²) in [6.45, 7) is 0. The van der Waals surface area contributed by atoms with Gasteiger partial charge in [-0.15, -0.1) is 0 Å². The Balaban J connectivity index is 1.86. The topological polar surface area (TPSA) is 26.3 Å². The molecule has 0 aliphatic rings. The minimum absolute atomic E-state index is 0.0508. The number of carbonyl (C=O) groups is 1. The first-order valence-electron chi connectivity index (χ1n) is 7.50. The summed E-state index contributed by atoms with van der Waals surface area (Å²) in [7, 11) is 0. The van der Waals surface area contributed by atoms with Gasteiger partial charge in [0.2, 0.25) is 27.6 Å². The Morgan fingerprint density at radius 1 is 0.875 bits per heavy atom. The van der Waals surface area contributed by atoms with E-state index in [4.69, 9.17) is 15.8 Å². The molecule has 0 amide bonds. The van der Waals surface area contributed by atoms with Crippen LogP contribution in [0.1, 0.15) is 10.4 Å². The predicted molar refractivity (Wildman–Crippen MR) is 99.8 cm³/mol. The van der Waals surface area contributed by atoms with Crippen LogP contribution in [0, 0.1) is 0 Å². The summed E-state index contributed by atoms with van der Waals surface area (Å²) in [5, 5.41) is 0.633. The van der Waals surface area contributed by atoms with Crippen molar-refractivity contribution in [3.63, 3.8) is 0 Å². The molecule has 2 nitrogen and oxygen atoms in total. The largest absolute Gasteiger partial charge is 0.289 e. The van der Waals surface area contributed by atoms with Crippen molar-refractivity contribution in [3.8, 4) is 5.75 Å². The third kappa shape index (κ3) is 4.40. The van der Waals surface area contributed by atoms with E-state index in [1.807, 2.05) is 84.9 Å². The Bertz CT molecular complexity index is 806. The first-order chi connectivity index (χ1) is 11.7. The number of carbonyl (C=O) groups excluding carboxylic acids is 1. The molecule has 24 heavy (non-hydrogen) atoms. The first-order valence-corrected chi connectivity index (χ1v) is 9.20. The number of ketones is 1. The molecule has 0 spiro atoms. The molecule has 1 atom stereocenters. The van der Waals surface area contributed by atoms with E-state index < -0.39 is 11.2 Å². The summed E-state index contributed by atoms with van der Waals surface area (Å²) in [6, 6.07) is 26.3. The second kappa shape index (κ2) is 8.04. The molecule has 0 radical (unpaired) electrons. The van der Waals surface area contributed by atoms with Crippen molar-refractivity contribution >= 4 is 28.6 Å². The van der Waals surface area contributed by atoms with Gasteiger partial charge in [0.1, 0.15) is 0 Å². The number of hydrogen-bond donors (Lipinski definition) is 0. The molecule has 0 fully saturated rings. The lowest BCUT2D eigenvalue weighted by Crippen LogP contribution is -2.22. The molecule has 0 bridgehead atoms. The highest BCUT2D eigenvalue weighted by Crippen LogP contribution is 2.23. The summed E-state index contributed by atoms with van der Waals surface area (Å²) < 4.78 is 6.10. The van der Waals surface area contributed by atoms with Gasteiger partial charge in [-0.25, -0.2) is 0 Å². The molecule has 4 heteroatoms. The van der Waals surface area contributed by atoms with Crippen molar-refractivity contribution in [2.75, 3.05) is 5.75 Å². The summed E-state index contributed by atoms with van der Waals surface area (Å²) in [5.74, 6) is 1.07. The molecule has 0 saturated carbocycles. The van der Waals surface area contributed by atoms with Crippen molar-refractivity contribution in [1.82, 2.24) is 0 Å². The second-order valence-corrected chi connectivity index (χ2v) is 7.19. The lowest BCUT2D eigenvalue weighted by Gasteiger charge is -2.08. The quantitative estimate of drug-likeness (QED) is 0.449. The summed E-state index contributed by atoms with van der Waals surface area (Å²) in [5.41, 5.74) is 0.689. The molecular weight excluding hydrogens is 340 g/mol. The van der Waals surface area contributed by atoms with Crippen LogP contribution in [0.2, 0.25) is 5.02 Å². The van der Waals surface area contributed by atoms with Crippen molar-refractivity contribution in [1.29, 1.82) is 0 Å². The van der Waals surface area contributed by atoms with Crippen LogP contribution in [0.5, 0.6) is 5.75 Å². The van der Waals surface area contributed by atoms with Gasteiger partial charge in [0.15, 0.2) is 5.75 Å². The SMILES string of the molecule is O=C(C[S+](Oc1ccccc1)c1cccc(Cl)c1)c1ccccc1. The highest BCUT2D eigenvalue weighted by Gasteiger charge is 2.30. The van der Waals surface area contributed by atoms with Crippen LogP contribution in [0.3, 0.4) is 0 Å². The van der Waals surface area contributed by atoms with Gasteiger partial charge in [0, 0.05) is 16.7 Å². The third-order valence-corrected chi connectivity index (χ3v) is 5.29. The average molecular weight is 356 g/mol. The Kier molecular flexibility index (Phi) is 5.57. The van der Waals surface area contributed by atoms with Crippen LogP contribution in [-0.4, -0.2) is 11.5 Å². The molecule has 0 N–H and O–H groups in total. The average Bonchev–Trinajstić information content (AvgIpc) is 2.63. The number of Topliss-reactive ketones (excluding diaryl/α,β-unsaturated/α-hetero) is 1. The normalized spacial score (nSPS) is 11.7. The maximum Gasteiger partial charge on any atom is 0.243 e. The van der Waals surface area contributed by atoms with Gasteiger partial charge in [-0.3, -0.25) is 8.98 Å². The molecule has 0 saturated heterocycles. The van der Waals surface area contributed by atoms with Gasteiger partial charge in [0.05, 0.1) is 0 Å². The molecule has 120 valence electrons. The molecule has 0 aliphatic carbocycles. The zero-order chi connectivity index (χ0) is 16.8. The fraction of sp³-hybridized carbons (Fsp3) is 0.0500. The molecule has 0 aromatic heterocycles. The highest BCUT2D eigenvalue weighted by molar-refractivity contribution is 7.93. The highest BCUT2D eigenvalue weighted by atomic mass is 35.5. The molecule has 3 aromatic carbocycles. The first kappa shape index (κ1) is 16.6. The van der Waals surface area contributed by atoms with Gasteiger partial charge >= 0.3 is 0 Å².